The van der Waals surface area contributed by atoms with Gasteiger partial charge in [-0.1, -0.05) is 18.2 Å². The number of benzene rings is 1. The monoisotopic (exact) mass is 389 g/mol. The molecule has 0 amide bonds. The molecule has 29 heavy (non-hydrogen) atoms. The summed E-state index contributed by atoms with van der Waals surface area (Å²) in [6.45, 7) is 6.96. The van der Waals surface area contributed by atoms with Crippen LogP contribution in [0.25, 0.3) is 11.5 Å². The maximum absolute atomic E-state index is 5.26. The summed E-state index contributed by atoms with van der Waals surface area (Å²) in [6, 6.07) is 14.4. The summed E-state index contributed by atoms with van der Waals surface area (Å²) in [5, 5.41) is 3.52. The van der Waals surface area contributed by atoms with Crippen molar-refractivity contribution in [2.75, 3.05) is 19.0 Å². The van der Waals surface area contributed by atoms with Crippen molar-refractivity contribution in [1.29, 1.82) is 0 Å². The van der Waals surface area contributed by atoms with Gasteiger partial charge in [-0.2, -0.15) is 0 Å². The lowest BCUT2D eigenvalue weighted by Crippen LogP contribution is -2.32. The van der Waals surface area contributed by atoms with Crippen LogP contribution in [0.3, 0.4) is 0 Å². The van der Waals surface area contributed by atoms with Gasteiger partial charge in [0.1, 0.15) is 17.3 Å². The van der Waals surface area contributed by atoms with Crippen LogP contribution in [0, 0.1) is 0 Å². The van der Waals surface area contributed by atoms with E-state index in [2.05, 4.69) is 41.2 Å². The maximum atomic E-state index is 5.26. The highest BCUT2D eigenvalue weighted by atomic mass is 16.5. The molecule has 1 aromatic carbocycles. The summed E-state index contributed by atoms with van der Waals surface area (Å²) in [6.07, 6.45) is 2.69. The first-order chi connectivity index (χ1) is 14.1. The average Bonchev–Trinajstić information content (AvgIpc) is 2.75. The minimum atomic E-state index is 0.294. The molecule has 1 aliphatic rings. The van der Waals surface area contributed by atoms with E-state index in [1.807, 2.05) is 30.3 Å². The van der Waals surface area contributed by atoms with E-state index in [0.29, 0.717) is 11.9 Å². The number of nitrogens with zero attached hydrogens (tertiary/aromatic N) is 4. The van der Waals surface area contributed by atoms with E-state index in [4.69, 9.17) is 14.7 Å². The molecule has 0 bridgehead atoms. The van der Waals surface area contributed by atoms with E-state index in [9.17, 15) is 0 Å². The van der Waals surface area contributed by atoms with Gasteiger partial charge < -0.3 is 10.1 Å². The van der Waals surface area contributed by atoms with Crippen LogP contribution in [0.5, 0.6) is 5.75 Å². The SMILES string of the molecule is COc1ccc(CN2CCc3nc(-c4ccccn4)nc(NC(C)C)c3C2)cc1. The Bertz CT molecular complexity index is 957. The second-order valence-corrected chi connectivity index (χ2v) is 7.64. The molecule has 6 nitrogen and oxygen atoms in total. The van der Waals surface area contributed by atoms with E-state index in [-0.39, 0.29) is 0 Å². The van der Waals surface area contributed by atoms with Crippen LogP contribution in [0.2, 0.25) is 0 Å². The Balaban J connectivity index is 1.60. The molecule has 0 saturated carbocycles. The lowest BCUT2D eigenvalue weighted by atomic mass is 10.0. The zero-order chi connectivity index (χ0) is 20.2. The Morgan fingerprint density at radius 2 is 1.93 bits per heavy atom. The fraction of sp³-hybridized carbons (Fsp3) is 0.348. The van der Waals surface area contributed by atoms with E-state index in [1.54, 1.807) is 13.3 Å². The molecule has 0 unspecified atom stereocenters. The molecule has 3 heterocycles. The fourth-order valence-corrected chi connectivity index (χ4v) is 3.60. The van der Waals surface area contributed by atoms with E-state index in [1.165, 1.54) is 11.1 Å². The fourth-order valence-electron chi connectivity index (χ4n) is 3.60. The van der Waals surface area contributed by atoms with Crippen LogP contribution in [0.15, 0.2) is 48.7 Å². The Hall–Kier alpha value is -2.99. The second kappa shape index (κ2) is 8.57. The smallest absolute Gasteiger partial charge is 0.180 e. The molecule has 4 rings (SSSR count). The molecular formula is C23H27N5O. The van der Waals surface area contributed by atoms with Crippen molar-refractivity contribution in [1.82, 2.24) is 19.9 Å². The number of fused-ring (bicyclic) bond motifs is 1. The van der Waals surface area contributed by atoms with Gasteiger partial charge in [-0.3, -0.25) is 9.88 Å². The molecule has 0 radical (unpaired) electrons. The van der Waals surface area contributed by atoms with Gasteiger partial charge in [-0.25, -0.2) is 9.97 Å². The predicted octanol–water partition coefficient (Wildman–Crippen LogP) is 3.93. The molecule has 1 N–H and O–H groups in total. The van der Waals surface area contributed by atoms with Gasteiger partial charge in [0.15, 0.2) is 5.82 Å². The lowest BCUT2D eigenvalue weighted by molar-refractivity contribution is 0.243. The third-order valence-electron chi connectivity index (χ3n) is 5.02. The van der Waals surface area contributed by atoms with Crippen molar-refractivity contribution in [3.05, 3.63) is 65.5 Å². The number of nitrogens with one attached hydrogen (secondary N) is 1. The largest absolute Gasteiger partial charge is 0.497 e. The van der Waals surface area contributed by atoms with Crippen molar-refractivity contribution in [2.45, 2.75) is 39.4 Å². The van der Waals surface area contributed by atoms with Crippen molar-refractivity contribution < 1.29 is 4.74 Å². The van der Waals surface area contributed by atoms with Gasteiger partial charge in [0.2, 0.25) is 0 Å². The number of aromatic nitrogens is 3. The molecule has 150 valence electrons. The quantitative estimate of drug-likeness (QED) is 0.689. The Morgan fingerprint density at radius 3 is 2.62 bits per heavy atom. The molecule has 3 aromatic rings. The Morgan fingerprint density at radius 1 is 1.10 bits per heavy atom. The lowest BCUT2D eigenvalue weighted by Gasteiger charge is -2.30. The average molecular weight is 390 g/mol. The normalized spacial score (nSPS) is 13.9. The Labute approximate surface area is 172 Å². The first-order valence-corrected chi connectivity index (χ1v) is 10.1. The van der Waals surface area contributed by atoms with Crippen LogP contribution in [0.1, 0.15) is 30.7 Å². The zero-order valence-electron chi connectivity index (χ0n) is 17.2. The van der Waals surface area contributed by atoms with Crippen LogP contribution >= 0.6 is 0 Å². The third kappa shape index (κ3) is 4.54. The summed E-state index contributed by atoms with van der Waals surface area (Å²) in [5.74, 6) is 2.50. The number of rotatable bonds is 6. The van der Waals surface area contributed by atoms with Gasteiger partial charge in [0, 0.05) is 43.9 Å². The summed E-state index contributed by atoms with van der Waals surface area (Å²) in [5.41, 5.74) is 4.40. The number of hydrogen-bond acceptors (Lipinski definition) is 6. The molecular weight excluding hydrogens is 362 g/mol. The third-order valence-corrected chi connectivity index (χ3v) is 5.02. The van der Waals surface area contributed by atoms with Gasteiger partial charge in [0.25, 0.3) is 0 Å². The predicted molar refractivity (Wildman–Crippen MR) is 115 cm³/mol. The van der Waals surface area contributed by atoms with Crippen LogP contribution in [-0.4, -0.2) is 39.5 Å². The van der Waals surface area contributed by atoms with E-state index in [0.717, 1.165) is 49.0 Å². The van der Waals surface area contributed by atoms with Gasteiger partial charge >= 0.3 is 0 Å². The van der Waals surface area contributed by atoms with Crippen LogP contribution in [0.4, 0.5) is 5.82 Å². The zero-order valence-corrected chi connectivity index (χ0v) is 17.2. The van der Waals surface area contributed by atoms with Crippen LogP contribution < -0.4 is 10.1 Å². The van der Waals surface area contributed by atoms with Gasteiger partial charge in [-0.05, 0) is 43.7 Å². The summed E-state index contributed by atoms with van der Waals surface area (Å²) in [7, 11) is 1.69. The highest BCUT2D eigenvalue weighted by Gasteiger charge is 2.23. The number of ether oxygens (including phenoxy) is 1. The highest BCUT2D eigenvalue weighted by molar-refractivity contribution is 5.57. The van der Waals surface area contributed by atoms with Crippen LogP contribution in [-0.2, 0) is 19.5 Å². The van der Waals surface area contributed by atoms with Gasteiger partial charge in [0.05, 0.1) is 12.8 Å². The van der Waals surface area contributed by atoms with Gasteiger partial charge in [-0.15, -0.1) is 0 Å². The number of hydrogen-bond donors (Lipinski definition) is 1. The summed E-state index contributed by atoms with van der Waals surface area (Å²) < 4.78 is 5.26. The summed E-state index contributed by atoms with van der Waals surface area (Å²) >= 11 is 0. The highest BCUT2D eigenvalue weighted by Crippen LogP contribution is 2.28. The van der Waals surface area contributed by atoms with Crippen molar-refractivity contribution in [2.24, 2.45) is 0 Å². The molecule has 0 saturated heterocycles. The van der Waals surface area contributed by atoms with E-state index >= 15 is 0 Å². The van der Waals surface area contributed by atoms with Crippen molar-refractivity contribution in [3.63, 3.8) is 0 Å². The molecule has 2 aromatic heterocycles. The minimum absolute atomic E-state index is 0.294. The van der Waals surface area contributed by atoms with Crippen molar-refractivity contribution in [3.8, 4) is 17.3 Å². The molecule has 0 aliphatic carbocycles. The topological polar surface area (TPSA) is 63.2 Å². The number of anilines is 1. The second-order valence-electron chi connectivity index (χ2n) is 7.64. The summed E-state index contributed by atoms with van der Waals surface area (Å²) in [4.78, 5) is 16.6. The minimum Gasteiger partial charge on any atom is -0.497 e. The molecule has 6 heteroatoms. The standard InChI is InChI=1S/C23H27N5O/c1-16(2)25-22-19-15-28(14-17-7-9-18(29-3)10-8-17)13-11-20(19)26-23(27-22)21-6-4-5-12-24-21/h4-10,12,16H,11,13-15H2,1-3H3,(H,25,26,27). The van der Waals surface area contributed by atoms with E-state index < -0.39 is 0 Å². The van der Waals surface area contributed by atoms with Crippen molar-refractivity contribution >= 4 is 5.82 Å². The molecule has 1 aliphatic heterocycles. The molecule has 0 spiro atoms. The Kier molecular flexibility index (Phi) is 5.71. The number of pyridine rings is 1. The molecule has 0 atom stereocenters. The maximum Gasteiger partial charge on any atom is 0.180 e. The molecule has 0 fully saturated rings. The first kappa shape index (κ1) is 19.3. The first-order valence-electron chi connectivity index (χ1n) is 10.1. The number of methoxy groups -OCH3 is 1.